The summed E-state index contributed by atoms with van der Waals surface area (Å²) < 4.78 is 4.68. The molecule has 0 saturated heterocycles. The van der Waals surface area contributed by atoms with Crippen LogP contribution < -0.4 is 4.57 Å². The van der Waals surface area contributed by atoms with Gasteiger partial charge < -0.3 is 4.57 Å². The van der Waals surface area contributed by atoms with E-state index in [-0.39, 0.29) is 0 Å². The van der Waals surface area contributed by atoms with Crippen LogP contribution in [0.25, 0.3) is 28.2 Å². The molecule has 0 saturated carbocycles. The first-order chi connectivity index (χ1) is 15.3. The van der Waals surface area contributed by atoms with Crippen LogP contribution in [-0.4, -0.2) is 4.57 Å². The lowest BCUT2D eigenvalue weighted by molar-refractivity contribution is -0.660. The van der Waals surface area contributed by atoms with Crippen LogP contribution in [0, 0.1) is 13.8 Å². The molecule has 0 aliphatic rings. The van der Waals surface area contributed by atoms with E-state index in [1.54, 1.807) is 0 Å². The van der Waals surface area contributed by atoms with Gasteiger partial charge in [0.2, 0.25) is 5.69 Å². The maximum atomic E-state index is 2.46. The normalized spacial score (nSPS) is 11.5. The molecule has 2 nitrogen and oxygen atoms in total. The zero-order valence-corrected chi connectivity index (χ0v) is 20.5. The van der Waals surface area contributed by atoms with Crippen molar-refractivity contribution >= 4 is 0 Å². The number of aryl methyl sites for hydroxylation is 2. The van der Waals surface area contributed by atoms with Gasteiger partial charge in [0.15, 0.2) is 6.20 Å². The highest BCUT2D eigenvalue weighted by Gasteiger charge is 2.25. The van der Waals surface area contributed by atoms with Crippen LogP contribution in [0.2, 0.25) is 0 Å². The number of aromatic nitrogens is 2. The zero-order valence-electron chi connectivity index (χ0n) is 20.5. The quantitative estimate of drug-likeness (QED) is 0.294. The van der Waals surface area contributed by atoms with Gasteiger partial charge in [0.25, 0.3) is 0 Å². The van der Waals surface area contributed by atoms with Gasteiger partial charge in [-0.25, -0.2) is 0 Å². The van der Waals surface area contributed by atoms with Crippen molar-refractivity contribution in [3.8, 4) is 28.2 Å². The molecule has 0 aliphatic heterocycles. The number of pyridine rings is 1. The first-order valence-corrected chi connectivity index (χ1v) is 11.7. The van der Waals surface area contributed by atoms with E-state index in [4.69, 9.17) is 0 Å². The second kappa shape index (κ2) is 8.78. The van der Waals surface area contributed by atoms with Crippen molar-refractivity contribution in [1.82, 2.24) is 4.57 Å². The highest BCUT2D eigenvalue weighted by molar-refractivity contribution is 5.72. The molecule has 2 aromatic heterocycles. The van der Waals surface area contributed by atoms with Crippen LogP contribution in [0.1, 0.15) is 61.8 Å². The molecule has 0 amide bonds. The molecular formula is C30H35N2+. The predicted octanol–water partition coefficient (Wildman–Crippen LogP) is 7.50. The number of rotatable bonds is 5. The van der Waals surface area contributed by atoms with Gasteiger partial charge in [0.05, 0.1) is 5.69 Å². The van der Waals surface area contributed by atoms with E-state index in [2.05, 4.69) is 131 Å². The van der Waals surface area contributed by atoms with Crippen LogP contribution >= 0.6 is 0 Å². The minimum Gasteiger partial charge on any atom is -0.310 e. The zero-order chi connectivity index (χ0) is 23.0. The number of hydrogen-bond acceptors (Lipinski definition) is 0. The smallest absolute Gasteiger partial charge is 0.229 e. The van der Waals surface area contributed by atoms with Crippen LogP contribution in [0.5, 0.6) is 0 Å². The van der Waals surface area contributed by atoms with Gasteiger partial charge in [-0.2, -0.15) is 4.57 Å². The summed E-state index contributed by atoms with van der Waals surface area (Å²) in [7, 11) is 2.13. The molecule has 2 heteroatoms. The van der Waals surface area contributed by atoms with Crippen LogP contribution in [0.4, 0.5) is 0 Å². The van der Waals surface area contributed by atoms with Crippen molar-refractivity contribution in [1.29, 1.82) is 0 Å². The maximum Gasteiger partial charge on any atom is 0.229 e. The standard InChI is InChI=1S/C30H35N2/c1-20(2)26-17-25(24-13-9-8-10-14-24)18-27(21(3)4)30(26)32-19-22(5)23(6)29(32)28-15-11-12-16-31(28)7/h8-21H,1-7H3/q+1. The van der Waals surface area contributed by atoms with Gasteiger partial charge in [-0.05, 0) is 77.3 Å². The number of hydrogen-bond donors (Lipinski definition) is 0. The Morgan fingerprint density at radius 3 is 1.91 bits per heavy atom. The first kappa shape index (κ1) is 22.1. The largest absolute Gasteiger partial charge is 0.310 e. The Kier molecular flexibility index (Phi) is 6.06. The summed E-state index contributed by atoms with van der Waals surface area (Å²) in [5, 5.41) is 0. The van der Waals surface area contributed by atoms with Crippen molar-refractivity contribution in [2.75, 3.05) is 0 Å². The Morgan fingerprint density at radius 2 is 1.34 bits per heavy atom. The summed E-state index contributed by atoms with van der Waals surface area (Å²) in [5.41, 5.74) is 11.9. The van der Waals surface area contributed by atoms with E-state index in [9.17, 15) is 0 Å². The van der Waals surface area contributed by atoms with Crippen LogP contribution in [0.3, 0.4) is 0 Å². The lowest BCUT2D eigenvalue weighted by Gasteiger charge is -2.24. The molecule has 0 aliphatic carbocycles. The molecule has 32 heavy (non-hydrogen) atoms. The Labute approximate surface area is 193 Å². The number of benzene rings is 2. The summed E-state index contributed by atoms with van der Waals surface area (Å²) >= 11 is 0. The lowest BCUT2D eigenvalue weighted by atomic mass is 9.88. The molecule has 0 fully saturated rings. The Balaban J connectivity index is 2.07. The summed E-state index contributed by atoms with van der Waals surface area (Å²) in [6.45, 7) is 13.7. The van der Waals surface area contributed by atoms with Gasteiger partial charge in [-0.15, -0.1) is 0 Å². The van der Waals surface area contributed by atoms with Gasteiger partial charge in [-0.1, -0.05) is 58.0 Å². The van der Waals surface area contributed by atoms with Crippen molar-refractivity contribution in [2.45, 2.75) is 53.4 Å². The molecule has 4 rings (SSSR count). The molecule has 0 unspecified atom stereocenters. The Morgan fingerprint density at radius 1 is 0.750 bits per heavy atom. The molecule has 0 atom stereocenters. The lowest BCUT2D eigenvalue weighted by Crippen LogP contribution is -2.31. The van der Waals surface area contributed by atoms with E-state index >= 15 is 0 Å². The van der Waals surface area contributed by atoms with E-state index in [1.165, 1.54) is 50.5 Å². The van der Waals surface area contributed by atoms with Crippen LogP contribution in [0.15, 0.2) is 73.1 Å². The summed E-state index contributed by atoms with van der Waals surface area (Å²) in [6.07, 6.45) is 4.46. The summed E-state index contributed by atoms with van der Waals surface area (Å²) in [4.78, 5) is 0. The molecule has 164 valence electrons. The fraction of sp³-hybridized carbons (Fsp3) is 0.300. The molecule has 0 radical (unpaired) electrons. The topological polar surface area (TPSA) is 8.81 Å². The maximum absolute atomic E-state index is 2.46. The van der Waals surface area contributed by atoms with E-state index in [1.807, 2.05) is 0 Å². The summed E-state index contributed by atoms with van der Waals surface area (Å²) in [6, 6.07) is 22.0. The minimum absolute atomic E-state index is 0.409. The average molecular weight is 424 g/mol. The number of nitrogens with zero attached hydrogens (tertiary/aromatic N) is 2. The fourth-order valence-electron chi connectivity index (χ4n) is 4.62. The van der Waals surface area contributed by atoms with Crippen molar-refractivity contribution in [2.24, 2.45) is 7.05 Å². The molecule has 4 aromatic rings. The minimum atomic E-state index is 0.409. The van der Waals surface area contributed by atoms with E-state index < -0.39 is 0 Å². The third kappa shape index (κ3) is 3.90. The predicted molar refractivity (Wildman–Crippen MR) is 135 cm³/mol. The third-order valence-electron chi connectivity index (χ3n) is 6.57. The molecule has 0 N–H and O–H groups in total. The highest BCUT2D eigenvalue weighted by Crippen LogP contribution is 2.39. The van der Waals surface area contributed by atoms with Gasteiger partial charge in [0, 0.05) is 18.3 Å². The van der Waals surface area contributed by atoms with Crippen molar-refractivity contribution in [3.63, 3.8) is 0 Å². The third-order valence-corrected chi connectivity index (χ3v) is 6.57. The van der Waals surface area contributed by atoms with Gasteiger partial charge in [-0.3, -0.25) is 0 Å². The van der Waals surface area contributed by atoms with E-state index in [0.29, 0.717) is 11.8 Å². The first-order valence-electron chi connectivity index (χ1n) is 11.7. The molecular weight excluding hydrogens is 388 g/mol. The van der Waals surface area contributed by atoms with Gasteiger partial charge in [0.1, 0.15) is 12.7 Å². The SMILES string of the molecule is Cc1cn(-c2c(C(C)C)cc(-c3ccccc3)cc2C(C)C)c(-c2cccc[n+]2C)c1C. The Hall–Kier alpha value is -3.13. The molecule has 2 aromatic carbocycles. The molecule has 0 bridgehead atoms. The molecule has 0 spiro atoms. The fourth-order valence-corrected chi connectivity index (χ4v) is 4.62. The van der Waals surface area contributed by atoms with E-state index in [0.717, 1.165) is 0 Å². The second-order valence-corrected chi connectivity index (χ2v) is 9.53. The monoisotopic (exact) mass is 423 g/mol. The second-order valence-electron chi connectivity index (χ2n) is 9.53. The van der Waals surface area contributed by atoms with Gasteiger partial charge >= 0.3 is 0 Å². The Bertz CT molecular complexity index is 1210. The molecule has 2 heterocycles. The average Bonchev–Trinajstić information content (AvgIpc) is 3.07. The van der Waals surface area contributed by atoms with Crippen molar-refractivity contribution in [3.05, 3.63) is 95.3 Å². The summed E-state index contributed by atoms with van der Waals surface area (Å²) in [5.74, 6) is 0.818. The highest BCUT2D eigenvalue weighted by atomic mass is 15.0. The van der Waals surface area contributed by atoms with Crippen LogP contribution in [-0.2, 0) is 7.05 Å². The van der Waals surface area contributed by atoms with Crippen molar-refractivity contribution < 1.29 is 4.57 Å².